The molecule has 3 heterocycles. The first-order chi connectivity index (χ1) is 18.3. The molecule has 2 aromatic heterocycles. The number of carbonyl (C=O) groups excluding carboxylic acids is 1. The molecule has 1 aliphatic heterocycles. The summed E-state index contributed by atoms with van der Waals surface area (Å²) >= 11 is 0. The molecule has 0 radical (unpaired) electrons. The van der Waals surface area contributed by atoms with Gasteiger partial charge in [-0.15, -0.1) is 0 Å². The van der Waals surface area contributed by atoms with Crippen molar-refractivity contribution >= 4 is 22.9 Å². The molecular weight excluding hydrogens is 488 g/mol. The van der Waals surface area contributed by atoms with Crippen LogP contribution in [0.2, 0.25) is 0 Å². The van der Waals surface area contributed by atoms with Gasteiger partial charge in [-0.3, -0.25) is 9.36 Å². The van der Waals surface area contributed by atoms with Gasteiger partial charge in [0.15, 0.2) is 23.8 Å². The number of nitrogens with zero attached hydrogens (tertiary/aromatic N) is 4. The normalized spacial score (nSPS) is 27.3. The Bertz CT molecular complexity index is 1190. The van der Waals surface area contributed by atoms with E-state index >= 15 is 0 Å². The Balaban J connectivity index is 1.48. The van der Waals surface area contributed by atoms with Crippen molar-refractivity contribution in [2.45, 2.75) is 101 Å². The van der Waals surface area contributed by atoms with Crippen LogP contribution in [0.1, 0.15) is 83.2 Å². The largest absolute Gasteiger partial charge is 0.387 e. The van der Waals surface area contributed by atoms with Crippen molar-refractivity contribution in [3.63, 3.8) is 0 Å². The summed E-state index contributed by atoms with van der Waals surface area (Å²) in [6.07, 6.45) is 6.83. The number of fused-ring (bicyclic) bond motifs is 1. The number of hydrogen-bond acceptors (Lipinski definition) is 9. The van der Waals surface area contributed by atoms with E-state index in [9.17, 15) is 20.1 Å². The number of aliphatic hydroxyl groups excluding tert-OH is 2. The standard InChI is InChI=1S/C27H38N6O5/c1-2-29-25(36)22-20(34)21(35)26(38-22)33-15-30-19-23(28)31-18(32-24(19)33)13-14-27(37,16-9-5-3-6-10-16)17-11-7-4-8-12-17/h15-17,20-22,26,34-35,37H,2-12H2,1H3,(H,29,36)(H2,28,31,32). The highest BCUT2D eigenvalue weighted by Gasteiger charge is 2.48. The number of aromatic nitrogens is 4. The summed E-state index contributed by atoms with van der Waals surface area (Å²) in [5.41, 5.74) is 5.64. The van der Waals surface area contributed by atoms with Crippen LogP contribution in [0.4, 0.5) is 5.82 Å². The molecule has 1 amide bonds. The number of aliphatic hydroxyl groups is 3. The maximum atomic E-state index is 12.3. The fraction of sp³-hybridized carbons (Fsp3) is 0.704. The second-order valence-electron chi connectivity index (χ2n) is 10.8. The van der Waals surface area contributed by atoms with Crippen LogP contribution >= 0.6 is 0 Å². The van der Waals surface area contributed by atoms with Crippen LogP contribution in [0, 0.1) is 23.7 Å². The number of rotatable bonds is 5. The summed E-state index contributed by atoms with van der Waals surface area (Å²) < 4.78 is 7.17. The van der Waals surface area contributed by atoms with Crippen molar-refractivity contribution < 1.29 is 24.9 Å². The first kappa shape index (κ1) is 26.8. The second kappa shape index (κ2) is 11.1. The fourth-order valence-corrected chi connectivity index (χ4v) is 6.34. The lowest BCUT2D eigenvalue weighted by atomic mass is 9.66. The van der Waals surface area contributed by atoms with E-state index in [4.69, 9.17) is 10.5 Å². The molecule has 4 unspecified atom stereocenters. The highest BCUT2D eigenvalue weighted by atomic mass is 16.6. The molecule has 38 heavy (non-hydrogen) atoms. The van der Waals surface area contributed by atoms with E-state index in [1.165, 1.54) is 23.7 Å². The number of nitrogens with one attached hydrogen (secondary N) is 1. The smallest absolute Gasteiger partial charge is 0.252 e. The van der Waals surface area contributed by atoms with Crippen LogP contribution < -0.4 is 11.1 Å². The zero-order valence-electron chi connectivity index (χ0n) is 21.8. The van der Waals surface area contributed by atoms with Gasteiger partial charge in [0.2, 0.25) is 5.82 Å². The molecule has 3 aliphatic rings. The van der Waals surface area contributed by atoms with E-state index in [2.05, 4.69) is 32.1 Å². The molecule has 6 N–H and O–H groups in total. The van der Waals surface area contributed by atoms with Gasteiger partial charge in [0, 0.05) is 6.54 Å². The molecule has 0 spiro atoms. The van der Waals surface area contributed by atoms with E-state index in [1.807, 2.05) is 0 Å². The molecule has 4 atom stereocenters. The molecule has 5 rings (SSSR count). The van der Waals surface area contributed by atoms with Crippen molar-refractivity contribution in [3.8, 4) is 11.8 Å². The van der Waals surface area contributed by atoms with E-state index in [0.29, 0.717) is 6.54 Å². The number of nitrogen functional groups attached to an aromatic ring is 1. The molecule has 206 valence electrons. The Morgan fingerprint density at radius 3 is 2.34 bits per heavy atom. The Kier molecular flexibility index (Phi) is 7.86. The van der Waals surface area contributed by atoms with Gasteiger partial charge in [0.25, 0.3) is 5.91 Å². The Morgan fingerprint density at radius 1 is 1.11 bits per heavy atom. The summed E-state index contributed by atoms with van der Waals surface area (Å²) in [6.45, 7) is 2.11. The first-order valence-electron chi connectivity index (χ1n) is 13.9. The summed E-state index contributed by atoms with van der Waals surface area (Å²) in [7, 11) is 0. The molecule has 3 fully saturated rings. The molecule has 11 nitrogen and oxygen atoms in total. The monoisotopic (exact) mass is 526 g/mol. The van der Waals surface area contributed by atoms with Crippen LogP contribution in [0.5, 0.6) is 0 Å². The molecule has 2 aliphatic carbocycles. The Morgan fingerprint density at radius 2 is 1.74 bits per heavy atom. The summed E-state index contributed by atoms with van der Waals surface area (Å²) in [6, 6.07) is 0. The summed E-state index contributed by atoms with van der Waals surface area (Å²) in [4.78, 5) is 25.5. The van der Waals surface area contributed by atoms with Crippen LogP contribution in [-0.2, 0) is 9.53 Å². The van der Waals surface area contributed by atoms with Crippen molar-refractivity contribution in [2.75, 3.05) is 12.3 Å². The van der Waals surface area contributed by atoms with Crippen molar-refractivity contribution in [2.24, 2.45) is 11.8 Å². The van der Waals surface area contributed by atoms with Crippen LogP contribution in [0.3, 0.4) is 0 Å². The highest BCUT2D eigenvalue weighted by Crippen LogP contribution is 2.42. The van der Waals surface area contributed by atoms with Gasteiger partial charge >= 0.3 is 0 Å². The quantitative estimate of drug-likeness (QED) is 0.362. The maximum Gasteiger partial charge on any atom is 0.252 e. The lowest BCUT2D eigenvalue weighted by Crippen LogP contribution is -2.45. The number of ether oxygens (including phenoxy) is 1. The van der Waals surface area contributed by atoms with Crippen LogP contribution in [0.15, 0.2) is 6.33 Å². The number of carbonyl (C=O) groups is 1. The van der Waals surface area contributed by atoms with Gasteiger partial charge in [0.1, 0.15) is 23.3 Å². The predicted octanol–water partition coefficient (Wildman–Crippen LogP) is 1.41. The Hall–Kier alpha value is -2.78. The number of hydrogen-bond donors (Lipinski definition) is 5. The van der Waals surface area contributed by atoms with E-state index in [-0.39, 0.29) is 34.6 Å². The van der Waals surface area contributed by atoms with Crippen LogP contribution in [0.25, 0.3) is 11.2 Å². The third-order valence-corrected chi connectivity index (χ3v) is 8.40. The average molecular weight is 527 g/mol. The van der Waals surface area contributed by atoms with Gasteiger partial charge in [0.05, 0.1) is 6.33 Å². The van der Waals surface area contributed by atoms with E-state index in [0.717, 1.165) is 51.4 Å². The van der Waals surface area contributed by atoms with Crippen molar-refractivity contribution in [3.05, 3.63) is 12.2 Å². The molecule has 2 saturated carbocycles. The minimum atomic E-state index is -1.43. The molecule has 2 aromatic rings. The average Bonchev–Trinajstić information content (AvgIpc) is 3.49. The second-order valence-corrected chi connectivity index (χ2v) is 10.8. The fourth-order valence-electron chi connectivity index (χ4n) is 6.34. The summed E-state index contributed by atoms with van der Waals surface area (Å²) in [5, 5.41) is 35.7. The molecule has 1 saturated heterocycles. The molecule has 0 aromatic carbocycles. The first-order valence-corrected chi connectivity index (χ1v) is 13.9. The number of likely N-dealkylation sites (N-methyl/N-ethyl adjacent to an activating group) is 1. The van der Waals surface area contributed by atoms with Gasteiger partial charge in [-0.05, 0) is 50.4 Å². The number of nitrogens with two attached hydrogens (primary N) is 1. The SMILES string of the molecule is CCNC(=O)C1OC(n2cnc3c(N)nc(C#CC(O)(C4CCCCC4)C4CCCCC4)nc32)C(O)C1O. The molecular formula is C27H38N6O5. The van der Waals surface area contributed by atoms with E-state index in [1.54, 1.807) is 6.92 Å². The van der Waals surface area contributed by atoms with Gasteiger partial charge in [-0.1, -0.05) is 44.4 Å². The topological polar surface area (TPSA) is 169 Å². The minimum absolute atomic E-state index is 0.102. The van der Waals surface area contributed by atoms with Gasteiger partial charge < -0.3 is 31.1 Å². The predicted molar refractivity (Wildman–Crippen MR) is 139 cm³/mol. The number of imidazole rings is 1. The number of anilines is 1. The van der Waals surface area contributed by atoms with Crippen molar-refractivity contribution in [1.29, 1.82) is 0 Å². The van der Waals surface area contributed by atoms with Gasteiger partial charge in [-0.25, -0.2) is 15.0 Å². The zero-order chi connectivity index (χ0) is 26.9. The maximum absolute atomic E-state index is 12.3. The lowest BCUT2D eigenvalue weighted by molar-refractivity contribution is -0.137. The third-order valence-electron chi connectivity index (χ3n) is 8.40. The van der Waals surface area contributed by atoms with Gasteiger partial charge in [-0.2, -0.15) is 0 Å². The zero-order valence-corrected chi connectivity index (χ0v) is 21.8. The summed E-state index contributed by atoms with van der Waals surface area (Å²) in [5.74, 6) is 6.18. The third kappa shape index (κ3) is 4.98. The minimum Gasteiger partial charge on any atom is -0.387 e. The Labute approximate surface area is 222 Å². The lowest BCUT2D eigenvalue weighted by Gasteiger charge is -2.42. The number of amides is 1. The van der Waals surface area contributed by atoms with Crippen molar-refractivity contribution in [1.82, 2.24) is 24.8 Å². The molecule has 11 heteroatoms. The van der Waals surface area contributed by atoms with Crippen LogP contribution in [-0.4, -0.2) is 71.2 Å². The molecule has 0 bridgehead atoms. The van der Waals surface area contributed by atoms with E-state index < -0.39 is 36.0 Å². The highest BCUT2D eigenvalue weighted by molar-refractivity contribution is 5.83.